The van der Waals surface area contributed by atoms with Crippen molar-refractivity contribution < 1.29 is 13.2 Å². The maximum Gasteiger partial charge on any atom is 0.252 e. The zero-order valence-electron chi connectivity index (χ0n) is 12.1. The minimum absolute atomic E-state index is 0.269. The number of sulfonamides is 1. The highest BCUT2D eigenvalue weighted by Crippen LogP contribution is 2.16. The number of anilines is 1. The molecule has 1 rings (SSSR count). The van der Waals surface area contributed by atoms with E-state index in [0.29, 0.717) is 17.9 Å². The number of hydrogen-bond acceptors (Lipinski definition) is 5. The van der Waals surface area contributed by atoms with E-state index in [0.717, 1.165) is 17.5 Å². The van der Waals surface area contributed by atoms with Crippen LogP contribution in [0.2, 0.25) is 0 Å². The molecule has 0 spiro atoms. The molecule has 1 aromatic rings. The van der Waals surface area contributed by atoms with Crippen LogP contribution in [-0.4, -0.2) is 50.0 Å². The highest BCUT2D eigenvalue weighted by atomic mass is 32.2. The molecule has 1 amide bonds. The first-order valence-electron chi connectivity index (χ1n) is 6.06. The Labute approximate surface area is 119 Å². The third kappa shape index (κ3) is 4.17. The highest BCUT2D eigenvalue weighted by molar-refractivity contribution is 7.88. The van der Waals surface area contributed by atoms with Crippen LogP contribution in [0.3, 0.4) is 0 Å². The molecule has 20 heavy (non-hydrogen) atoms. The Morgan fingerprint density at radius 1 is 1.45 bits per heavy atom. The lowest BCUT2D eigenvalue weighted by Gasteiger charge is -2.16. The van der Waals surface area contributed by atoms with Crippen LogP contribution < -0.4 is 11.1 Å². The largest absolute Gasteiger partial charge is 0.368 e. The fourth-order valence-corrected chi connectivity index (χ4v) is 1.95. The van der Waals surface area contributed by atoms with E-state index in [1.54, 1.807) is 6.07 Å². The van der Waals surface area contributed by atoms with Crippen LogP contribution in [0.4, 0.5) is 5.82 Å². The molecule has 0 radical (unpaired) electrons. The van der Waals surface area contributed by atoms with E-state index < -0.39 is 15.9 Å². The fraction of sp³-hybridized carbons (Fsp3) is 0.500. The minimum atomic E-state index is -3.22. The SMILES string of the molecule is Cc1cc(C(N)=O)c(NCCN(C)S(C)(=O)=O)nc1C. The normalized spacial score (nSPS) is 11.7. The summed E-state index contributed by atoms with van der Waals surface area (Å²) < 4.78 is 23.7. The summed E-state index contributed by atoms with van der Waals surface area (Å²) in [5.41, 5.74) is 7.27. The van der Waals surface area contributed by atoms with Crippen LogP contribution in [0.1, 0.15) is 21.6 Å². The number of nitrogens with zero attached hydrogens (tertiary/aromatic N) is 2. The van der Waals surface area contributed by atoms with Crippen molar-refractivity contribution in [2.45, 2.75) is 13.8 Å². The number of nitrogens with two attached hydrogens (primary N) is 1. The summed E-state index contributed by atoms with van der Waals surface area (Å²) in [7, 11) is -1.73. The summed E-state index contributed by atoms with van der Waals surface area (Å²) in [4.78, 5) is 15.7. The highest BCUT2D eigenvalue weighted by Gasteiger charge is 2.13. The Bertz CT molecular complexity index is 613. The summed E-state index contributed by atoms with van der Waals surface area (Å²) in [6.07, 6.45) is 1.14. The van der Waals surface area contributed by atoms with Crippen LogP contribution in [0.25, 0.3) is 0 Å². The molecule has 0 saturated heterocycles. The average Bonchev–Trinajstić information content (AvgIpc) is 2.31. The lowest BCUT2D eigenvalue weighted by atomic mass is 10.1. The lowest BCUT2D eigenvalue weighted by Crippen LogP contribution is -2.31. The molecule has 1 aromatic heterocycles. The van der Waals surface area contributed by atoms with Gasteiger partial charge in [-0.1, -0.05) is 0 Å². The van der Waals surface area contributed by atoms with Crippen molar-refractivity contribution in [3.8, 4) is 0 Å². The Balaban J connectivity index is 2.83. The number of carbonyl (C=O) groups excluding carboxylic acids is 1. The first kappa shape index (κ1) is 16.4. The zero-order chi connectivity index (χ0) is 15.5. The molecule has 0 atom stereocenters. The molecule has 0 unspecified atom stereocenters. The second-order valence-corrected chi connectivity index (χ2v) is 6.75. The first-order chi connectivity index (χ1) is 9.12. The summed E-state index contributed by atoms with van der Waals surface area (Å²) in [5, 5.41) is 2.95. The van der Waals surface area contributed by atoms with E-state index in [-0.39, 0.29) is 6.54 Å². The maximum atomic E-state index is 11.4. The molecule has 0 aliphatic heterocycles. The first-order valence-corrected chi connectivity index (χ1v) is 7.91. The van der Waals surface area contributed by atoms with E-state index in [4.69, 9.17) is 5.73 Å². The van der Waals surface area contributed by atoms with E-state index in [2.05, 4.69) is 10.3 Å². The van der Waals surface area contributed by atoms with Gasteiger partial charge in [0, 0.05) is 25.8 Å². The topological polar surface area (TPSA) is 105 Å². The van der Waals surface area contributed by atoms with Crippen LogP contribution in [0, 0.1) is 13.8 Å². The third-order valence-electron chi connectivity index (χ3n) is 3.02. The van der Waals surface area contributed by atoms with Gasteiger partial charge in [-0.2, -0.15) is 0 Å². The molecule has 0 aromatic carbocycles. The number of amides is 1. The molecule has 0 saturated carbocycles. The smallest absolute Gasteiger partial charge is 0.252 e. The Morgan fingerprint density at radius 3 is 2.55 bits per heavy atom. The number of nitrogens with one attached hydrogen (secondary N) is 1. The molecule has 3 N–H and O–H groups in total. The van der Waals surface area contributed by atoms with Gasteiger partial charge >= 0.3 is 0 Å². The summed E-state index contributed by atoms with van der Waals surface area (Å²) in [5.74, 6) is -0.193. The number of aromatic nitrogens is 1. The standard InChI is InChI=1S/C12H20N4O3S/c1-8-7-10(11(13)17)12(15-9(8)2)14-5-6-16(3)20(4,18)19/h7H,5-6H2,1-4H3,(H2,13,17)(H,14,15). The molecular formula is C12H20N4O3S. The Kier molecular flexibility index (Phi) is 5.07. The Morgan fingerprint density at radius 2 is 2.05 bits per heavy atom. The van der Waals surface area contributed by atoms with Gasteiger partial charge in [-0.15, -0.1) is 0 Å². The predicted molar refractivity (Wildman–Crippen MR) is 78.2 cm³/mol. The molecule has 0 fully saturated rings. The van der Waals surface area contributed by atoms with Gasteiger partial charge in [-0.25, -0.2) is 17.7 Å². The number of aryl methyl sites for hydroxylation is 2. The van der Waals surface area contributed by atoms with Crippen molar-refractivity contribution >= 4 is 21.7 Å². The van der Waals surface area contributed by atoms with Crippen LogP contribution in [-0.2, 0) is 10.0 Å². The van der Waals surface area contributed by atoms with Crippen molar-refractivity contribution in [3.63, 3.8) is 0 Å². The molecule has 0 aliphatic carbocycles. The van der Waals surface area contributed by atoms with Crippen molar-refractivity contribution in [1.29, 1.82) is 0 Å². The van der Waals surface area contributed by atoms with Crippen molar-refractivity contribution in [2.24, 2.45) is 5.73 Å². The number of rotatable bonds is 6. The van der Waals surface area contributed by atoms with Crippen LogP contribution in [0.15, 0.2) is 6.07 Å². The molecular weight excluding hydrogens is 280 g/mol. The molecule has 112 valence electrons. The van der Waals surface area contributed by atoms with E-state index >= 15 is 0 Å². The maximum absolute atomic E-state index is 11.4. The van der Waals surface area contributed by atoms with Gasteiger partial charge in [-0.05, 0) is 25.5 Å². The van der Waals surface area contributed by atoms with Crippen LogP contribution >= 0.6 is 0 Å². The average molecular weight is 300 g/mol. The molecule has 1 heterocycles. The van der Waals surface area contributed by atoms with E-state index in [1.807, 2.05) is 13.8 Å². The zero-order valence-corrected chi connectivity index (χ0v) is 12.9. The Hall–Kier alpha value is -1.67. The lowest BCUT2D eigenvalue weighted by molar-refractivity contribution is 0.100. The summed E-state index contributed by atoms with van der Waals surface area (Å²) >= 11 is 0. The van der Waals surface area contributed by atoms with Crippen molar-refractivity contribution in [2.75, 3.05) is 31.7 Å². The second-order valence-electron chi connectivity index (χ2n) is 4.66. The summed E-state index contributed by atoms with van der Waals surface area (Å²) in [6, 6.07) is 1.67. The monoisotopic (exact) mass is 300 g/mol. The van der Waals surface area contributed by atoms with Gasteiger partial charge in [-0.3, -0.25) is 4.79 Å². The van der Waals surface area contributed by atoms with Crippen LogP contribution in [0.5, 0.6) is 0 Å². The van der Waals surface area contributed by atoms with Crippen molar-refractivity contribution in [1.82, 2.24) is 9.29 Å². The van der Waals surface area contributed by atoms with Gasteiger partial charge < -0.3 is 11.1 Å². The van der Waals surface area contributed by atoms with Gasteiger partial charge in [0.15, 0.2) is 0 Å². The summed E-state index contributed by atoms with van der Waals surface area (Å²) in [6.45, 7) is 4.27. The van der Waals surface area contributed by atoms with Gasteiger partial charge in [0.05, 0.1) is 11.8 Å². The third-order valence-corrected chi connectivity index (χ3v) is 4.33. The minimum Gasteiger partial charge on any atom is -0.368 e. The second kappa shape index (κ2) is 6.19. The number of primary amides is 1. The molecule has 8 heteroatoms. The van der Waals surface area contributed by atoms with Gasteiger partial charge in [0.1, 0.15) is 5.82 Å². The molecule has 7 nitrogen and oxygen atoms in total. The predicted octanol–water partition coefficient (Wildman–Crippen LogP) is 0.101. The van der Waals surface area contributed by atoms with Gasteiger partial charge in [0.25, 0.3) is 5.91 Å². The number of hydrogen-bond donors (Lipinski definition) is 2. The van der Waals surface area contributed by atoms with Gasteiger partial charge in [0.2, 0.25) is 10.0 Å². The van der Waals surface area contributed by atoms with Crippen molar-refractivity contribution in [3.05, 3.63) is 22.9 Å². The molecule has 0 bridgehead atoms. The van der Waals surface area contributed by atoms with E-state index in [1.165, 1.54) is 11.4 Å². The van der Waals surface area contributed by atoms with E-state index in [9.17, 15) is 13.2 Å². The fourth-order valence-electron chi connectivity index (χ4n) is 1.53. The number of pyridine rings is 1. The number of likely N-dealkylation sites (N-methyl/N-ethyl adjacent to an activating group) is 1. The number of carbonyl (C=O) groups is 1. The quantitative estimate of drug-likeness (QED) is 0.775. The molecule has 0 aliphatic rings.